The molecule has 9 nitrogen and oxygen atoms in total. The number of benzene rings is 1. The zero-order chi connectivity index (χ0) is 21.8. The highest BCUT2D eigenvalue weighted by molar-refractivity contribution is 7.17. The molecule has 0 aliphatic carbocycles. The molecule has 1 amide bonds. The predicted octanol–water partition coefficient (Wildman–Crippen LogP) is 3.52. The molecule has 0 aliphatic rings. The van der Waals surface area contributed by atoms with Gasteiger partial charge in [-0.3, -0.25) is 4.79 Å². The van der Waals surface area contributed by atoms with Crippen LogP contribution < -0.4 is 5.32 Å². The summed E-state index contributed by atoms with van der Waals surface area (Å²) >= 11 is 1.23. The number of nitrogens with zero attached hydrogens (tertiary/aromatic N) is 5. The van der Waals surface area contributed by atoms with Crippen LogP contribution in [0, 0.1) is 6.92 Å². The molecule has 0 radical (unpaired) electrons. The van der Waals surface area contributed by atoms with Crippen LogP contribution in [0.2, 0.25) is 0 Å². The van der Waals surface area contributed by atoms with Crippen molar-refractivity contribution in [1.82, 2.24) is 24.7 Å². The number of ether oxygens (including phenoxy) is 1. The molecule has 156 valence electrons. The first-order valence-electron chi connectivity index (χ1n) is 9.44. The van der Waals surface area contributed by atoms with Gasteiger partial charge < -0.3 is 10.1 Å². The summed E-state index contributed by atoms with van der Waals surface area (Å²) in [6, 6.07) is 10.4. The molecular weight excluding hydrogens is 416 g/mol. The molecule has 0 spiro atoms. The number of hydrogen-bond donors (Lipinski definition) is 1. The maximum atomic E-state index is 12.8. The molecule has 1 N–H and O–H groups in total. The lowest BCUT2D eigenvalue weighted by Gasteiger charge is -2.07. The van der Waals surface area contributed by atoms with Crippen LogP contribution in [0.25, 0.3) is 16.5 Å². The Bertz CT molecular complexity index is 1230. The fourth-order valence-electron chi connectivity index (χ4n) is 2.81. The average Bonchev–Trinajstić information content (AvgIpc) is 3.42. The third-order valence-corrected chi connectivity index (χ3v) is 5.35. The second-order valence-corrected chi connectivity index (χ2v) is 7.38. The summed E-state index contributed by atoms with van der Waals surface area (Å²) in [7, 11) is 0. The molecule has 0 unspecified atom stereocenters. The fraction of sp³-hybridized carbons (Fsp3) is 0.143. The summed E-state index contributed by atoms with van der Waals surface area (Å²) in [4.78, 5) is 37.9. The lowest BCUT2D eigenvalue weighted by molar-refractivity contribution is 0.0519. The van der Waals surface area contributed by atoms with Crippen molar-refractivity contribution in [1.29, 1.82) is 0 Å². The van der Waals surface area contributed by atoms with E-state index in [1.54, 1.807) is 67.5 Å². The maximum absolute atomic E-state index is 12.8. The first-order chi connectivity index (χ1) is 15.0. The van der Waals surface area contributed by atoms with E-state index in [1.807, 2.05) is 6.07 Å². The van der Waals surface area contributed by atoms with Crippen LogP contribution in [-0.2, 0) is 4.74 Å². The summed E-state index contributed by atoms with van der Waals surface area (Å²) in [6.45, 7) is 3.79. The van der Waals surface area contributed by atoms with Crippen molar-refractivity contribution in [3.8, 4) is 16.5 Å². The minimum Gasteiger partial charge on any atom is -0.461 e. The summed E-state index contributed by atoms with van der Waals surface area (Å²) in [5.74, 6) is -0.278. The van der Waals surface area contributed by atoms with Crippen LogP contribution >= 0.6 is 11.3 Å². The number of amides is 1. The van der Waals surface area contributed by atoms with Crippen molar-refractivity contribution in [2.45, 2.75) is 13.8 Å². The van der Waals surface area contributed by atoms with E-state index in [0.29, 0.717) is 32.8 Å². The normalized spacial score (nSPS) is 10.6. The van der Waals surface area contributed by atoms with Crippen molar-refractivity contribution in [2.75, 3.05) is 11.9 Å². The van der Waals surface area contributed by atoms with E-state index >= 15 is 0 Å². The highest BCUT2D eigenvalue weighted by atomic mass is 32.1. The molecule has 0 aliphatic heterocycles. The Hall–Kier alpha value is -3.92. The first kappa shape index (κ1) is 20.4. The summed E-state index contributed by atoms with van der Waals surface area (Å²) in [5.41, 5.74) is 2.09. The molecule has 0 atom stereocenters. The Morgan fingerprint density at radius 3 is 2.74 bits per heavy atom. The largest absolute Gasteiger partial charge is 0.461 e. The number of thiazole rings is 1. The lowest BCUT2D eigenvalue weighted by Crippen LogP contribution is -2.12. The molecule has 1 aromatic carbocycles. The number of aromatic nitrogens is 5. The van der Waals surface area contributed by atoms with Gasteiger partial charge in [-0.15, -0.1) is 11.3 Å². The van der Waals surface area contributed by atoms with Crippen LogP contribution in [0.3, 0.4) is 0 Å². The number of esters is 1. The van der Waals surface area contributed by atoms with E-state index in [4.69, 9.17) is 4.74 Å². The van der Waals surface area contributed by atoms with E-state index in [2.05, 4.69) is 25.4 Å². The van der Waals surface area contributed by atoms with Gasteiger partial charge in [0.1, 0.15) is 4.88 Å². The summed E-state index contributed by atoms with van der Waals surface area (Å²) in [6.07, 6.45) is 4.92. The molecule has 3 aromatic heterocycles. The molecule has 0 saturated carbocycles. The number of anilines is 1. The van der Waals surface area contributed by atoms with E-state index in [1.165, 1.54) is 11.3 Å². The van der Waals surface area contributed by atoms with Gasteiger partial charge in [-0.1, -0.05) is 6.07 Å². The Morgan fingerprint density at radius 1 is 1.16 bits per heavy atom. The molecule has 31 heavy (non-hydrogen) atoms. The highest BCUT2D eigenvalue weighted by Gasteiger charge is 2.18. The van der Waals surface area contributed by atoms with E-state index in [0.717, 1.165) is 0 Å². The minimum absolute atomic E-state index is 0.215. The molecule has 0 bridgehead atoms. The van der Waals surface area contributed by atoms with Gasteiger partial charge in [0.15, 0.2) is 16.5 Å². The predicted molar refractivity (Wildman–Crippen MR) is 115 cm³/mol. The summed E-state index contributed by atoms with van der Waals surface area (Å²) < 4.78 is 6.51. The van der Waals surface area contributed by atoms with Crippen LogP contribution in [0.15, 0.2) is 55.0 Å². The quantitative estimate of drug-likeness (QED) is 0.462. The fourth-order valence-corrected chi connectivity index (χ4v) is 3.72. The zero-order valence-corrected chi connectivity index (χ0v) is 17.6. The monoisotopic (exact) mass is 434 g/mol. The molecule has 0 fully saturated rings. The van der Waals surface area contributed by atoms with Crippen LogP contribution in [0.1, 0.15) is 32.8 Å². The lowest BCUT2D eigenvalue weighted by atomic mass is 10.2. The van der Waals surface area contributed by atoms with Crippen molar-refractivity contribution in [3.63, 3.8) is 0 Å². The summed E-state index contributed by atoms with van der Waals surface area (Å²) in [5, 5.41) is 7.70. The van der Waals surface area contributed by atoms with Crippen LogP contribution in [-0.4, -0.2) is 43.2 Å². The van der Waals surface area contributed by atoms with Crippen molar-refractivity contribution in [3.05, 3.63) is 71.3 Å². The van der Waals surface area contributed by atoms with Crippen molar-refractivity contribution < 1.29 is 14.3 Å². The second-order valence-electron chi connectivity index (χ2n) is 6.38. The van der Waals surface area contributed by atoms with E-state index < -0.39 is 5.97 Å². The van der Waals surface area contributed by atoms with Gasteiger partial charge >= 0.3 is 5.97 Å². The van der Waals surface area contributed by atoms with Crippen molar-refractivity contribution in [2.24, 2.45) is 0 Å². The molecule has 10 heteroatoms. The minimum atomic E-state index is -0.482. The standard InChI is InChI=1S/C21H18N6O3S/c1-3-30-21(29)16-8-11-27(26-16)15-7-4-6-14(12-15)25-19(28)17-13(2)24-20(31-17)18-22-9-5-10-23-18/h4-12H,3H2,1-2H3,(H,25,28). The Labute approximate surface area is 181 Å². The number of nitrogens with one attached hydrogen (secondary N) is 1. The SMILES string of the molecule is CCOC(=O)c1ccn(-c2cccc(NC(=O)c3sc(-c4ncccn4)nc3C)c2)n1. The van der Waals surface area contributed by atoms with Gasteiger partial charge in [-0.25, -0.2) is 24.4 Å². The highest BCUT2D eigenvalue weighted by Crippen LogP contribution is 2.26. The number of hydrogen-bond acceptors (Lipinski definition) is 8. The van der Waals surface area contributed by atoms with Gasteiger partial charge in [0.25, 0.3) is 5.91 Å². The van der Waals surface area contributed by atoms with E-state index in [-0.39, 0.29) is 18.2 Å². The van der Waals surface area contributed by atoms with E-state index in [9.17, 15) is 9.59 Å². The number of aryl methyl sites for hydroxylation is 1. The van der Waals surface area contributed by atoms with Gasteiger partial charge in [0.05, 0.1) is 18.0 Å². The topological polar surface area (TPSA) is 112 Å². The first-order valence-corrected chi connectivity index (χ1v) is 10.3. The smallest absolute Gasteiger partial charge is 0.358 e. The van der Waals surface area contributed by atoms with Crippen molar-refractivity contribution >= 4 is 28.9 Å². The van der Waals surface area contributed by atoms with Gasteiger partial charge in [0, 0.05) is 24.3 Å². The Morgan fingerprint density at radius 2 is 1.97 bits per heavy atom. The molecule has 0 saturated heterocycles. The number of carbonyl (C=O) groups is 2. The third kappa shape index (κ3) is 4.48. The van der Waals surface area contributed by atoms with Crippen LogP contribution in [0.4, 0.5) is 5.69 Å². The maximum Gasteiger partial charge on any atom is 0.358 e. The van der Waals surface area contributed by atoms with Gasteiger partial charge in [-0.2, -0.15) is 5.10 Å². The Balaban J connectivity index is 1.53. The Kier molecular flexibility index (Phi) is 5.80. The number of carbonyl (C=O) groups excluding carboxylic acids is 2. The molecule has 4 aromatic rings. The third-order valence-electron chi connectivity index (χ3n) is 4.20. The van der Waals surface area contributed by atoms with Crippen LogP contribution in [0.5, 0.6) is 0 Å². The molecule has 4 rings (SSSR count). The average molecular weight is 434 g/mol. The molecular formula is C21H18N6O3S. The molecule has 3 heterocycles. The second kappa shape index (κ2) is 8.84. The van der Waals surface area contributed by atoms with Gasteiger partial charge in [0.2, 0.25) is 0 Å². The van der Waals surface area contributed by atoms with Gasteiger partial charge in [-0.05, 0) is 44.2 Å². The number of rotatable bonds is 6. The zero-order valence-electron chi connectivity index (χ0n) is 16.8.